The van der Waals surface area contributed by atoms with E-state index in [1.807, 2.05) is 0 Å². The van der Waals surface area contributed by atoms with Crippen molar-refractivity contribution in [3.63, 3.8) is 0 Å². The first-order chi connectivity index (χ1) is 9.39. The van der Waals surface area contributed by atoms with E-state index in [0.29, 0.717) is 43.2 Å². The summed E-state index contributed by atoms with van der Waals surface area (Å²) in [4.78, 5) is 11.4. The number of hydrogen-bond acceptors (Lipinski definition) is 6. The van der Waals surface area contributed by atoms with E-state index in [1.165, 1.54) is 7.11 Å². The number of ether oxygens (including phenoxy) is 2. The lowest BCUT2D eigenvalue weighted by Crippen LogP contribution is -2.38. The van der Waals surface area contributed by atoms with Crippen LogP contribution in [0.4, 0.5) is 0 Å². The molecule has 1 aromatic rings. The normalized spacial score (nSPS) is 14.1. The Morgan fingerprint density at radius 1 is 1.50 bits per heavy atom. The molecular weight excluding hydrogens is 262 g/mol. The van der Waals surface area contributed by atoms with Crippen molar-refractivity contribution in [1.29, 1.82) is 0 Å². The lowest BCUT2D eigenvalue weighted by Gasteiger charge is -2.23. The molecule has 0 aliphatic rings. The molecule has 20 heavy (non-hydrogen) atoms. The molecule has 0 saturated heterocycles. The average molecular weight is 285 g/mol. The molecular formula is C14H23NO5. The van der Waals surface area contributed by atoms with Crippen molar-refractivity contribution in [2.75, 3.05) is 27.4 Å². The van der Waals surface area contributed by atoms with Crippen molar-refractivity contribution in [3.8, 4) is 0 Å². The Balaban J connectivity index is 2.48. The molecule has 0 fully saturated rings. The average Bonchev–Trinajstić information content (AvgIpc) is 2.76. The van der Waals surface area contributed by atoms with Crippen LogP contribution in [0.15, 0.2) is 10.5 Å². The van der Waals surface area contributed by atoms with Crippen LogP contribution >= 0.6 is 0 Å². The number of aliphatic hydroxyl groups is 1. The summed E-state index contributed by atoms with van der Waals surface area (Å²) in [5.41, 5.74) is -0.418. The first-order valence-corrected chi connectivity index (χ1v) is 6.49. The Morgan fingerprint density at radius 2 is 2.20 bits per heavy atom. The number of rotatable bonds is 8. The minimum Gasteiger partial charge on any atom is -0.465 e. The second kappa shape index (κ2) is 7.42. The summed E-state index contributed by atoms with van der Waals surface area (Å²) >= 11 is 0. The second-order valence-corrected chi connectivity index (χ2v) is 5.02. The first kappa shape index (κ1) is 16.7. The molecule has 0 saturated carbocycles. The van der Waals surface area contributed by atoms with Crippen LogP contribution in [0.3, 0.4) is 0 Å². The van der Waals surface area contributed by atoms with Gasteiger partial charge in [-0.1, -0.05) is 0 Å². The Morgan fingerprint density at radius 3 is 2.80 bits per heavy atom. The number of carbonyl (C=O) groups excluding carboxylic acids is 1. The molecule has 1 heterocycles. The van der Waals surface area contributed by atoms with Crippen LogP contribution in [0.1, 0.15) is 35.2 Å². The maximum Gasteiger partial charge on any atom is 0.341 e. The fraction of sp³-hybridized carbons (Fsp3) is 0.643. The van der Waals surface area contributed by atoms with Gasteiger partial charge in [0.2, 0.25) is 0 Å². The molecule has 0 spiro atoms. The third-order valence-corrected chi connectivity index (χ3v) is 3.02. The van der Waals surface area contributed by atoms with E-state index in [0.717, 1.165) is 0 Å². The van der Waals surface area contributed by atoms with E-state index in [1.54, 1.807) is 27.0 Å². The summed E-state index contributed by atoms with van der Waals surface area (Å²) in [5.74, 6) is 0.745. The molecule has 1 aromatic heterocycles. The highest BCUT2D eigenvalue weighted by molar-refractivity contribution is 5.90. The fourth-order valence-electron chi connectivity index (χ4n) is 1.81. The van der Waals surface area contributed by atoms with Gasteiger partial charge in [-0.25, -0.2) is 4.79 Å². The molecule has 2 N–H and O–H groups in total. The van der Waals surface area contributed by atoms with Crippen molar-refractivity contribution >= 4 is 5.97 Å². The summed E-state index contributed by atoms with van der Waals surface area (Å²) in [7, 11) is 2.93. The van der Waals surface area contributed by atoms with Crippen LogP contribution < -0.4 is 5.32 Å². The molecule has 1 rings (SSSR count). The van der Waals surface area contributed by atoms with Gasteiger partial charge in [0.25, 0.3) is 0 Å². The monoisotopic (exact) mass is 285 g/mol. The highest BCUT2D eigenvalue weighted by Gasteiger charge is 2.20. The van der Waals surface area contributed by atoms with Gasteiger partial charge in [0, 0.05) is 26.7 Å². The largest absolute Gasteiger partial charge is 0.465 e. The minimum atomic E-state index is -0.844. The van der Waals surface area contributed by atoms with Gasteiger partial charge in [0.15, 0.2) is 0 Å². The lowest BCUT2D eigenvalue weighted by atomic mass is 10.0. The van der Waals surface area contributed by atoms with E-state index in [9.17, 15) is 9.90 Å². The third kappa shape index (κ3) is 4.96. The zero-order chi connectivity index (χ0) is 15.2. The standard InChI is InChI=1S/C14H23NO5/c1-10-12(13(16)19-4)7-11(20-10)8-15-9-14(2,17)5-6-18-3/h7,15,17H,5-6,8-9H2,1-4H3. The zero-order valence-electron chi connectivity index (χ0n) is 12.5. The Kier molecular flexibility index (Phi) is 6.19. The summed E-state index contributed by atoms with van der Waals surface area (Å²) in [6.45, 7) is 4.79. The number of aryl methyl sites for hydroxylation is 1. The molecule has 1 unspecified atom stereocenters. The first-order valence-electron chi connectivity index (χ1n) is 6.49. The van der Waals surface area contributed by atoms with Crippen LogP contribution in [0, 0.1) is 6.92 Å². The molecule has 0 amide bonds. The molecule has 0 aliphatic carbocycles. The maximum atomic E-state index is 11.4. The number of carbonyl (C=O) groups is 1. The van der Waals surface area contributed by atoms with Crippen LogP contribution in [-0.4, -0.2) is 44.0 Å². The van der Waals surface area contributed by atoms with E-state index in [2.05, 4.69) is 10.1 Å². The number of furan rings is 1. The molecule has 114 valence electrons. The van der Waals surface area contributed by atoms with Crippen molar-refractivity contribution in [1.82, 2.24) is 5.32 Å². The van der Waals surface area contributed by atoms with Crippen LogP contribution in [-0.2, 0) is 16.0 Å². The molecule has 1 atom stereocenters. The van der Waals surface area contributed by atoms with Gasteiger partial charge in [-0.2, -0.15) is 0 Å². The summed E-state index contributed by atoms with van der Waals surface area (Å²) < 4.78 is 15.1. The highest BCUT2D eigenvalue weighted by Crippen LogP contribution is 2.16. The molecule has 6 nitrogen and oxygen atoms in total. The molecule has 0 aromatic carbocycles. The van der Waals surface area contributed by atoms with Crippen molar-refractivity contribution in [2.24, 2.45) is 0 Å². The quantitative estimate of drug-likeness (QED) is 0.700. The molecule has 6 heteroatoms. The van der Waals surface area contributed by atoms with E-state index >= 15 is 0 Å². The summed E-state index contributed by atoms with van der Waals surface area (Å²) in [6, 6.07) is 1.65. The van der Waals surface area contributed by atoms with Gasteiger partial charge in [0.1, 0.15) is 17.1 Å². The Hall–Kier alpha value is -1.37. The van der Waals surface area contributed by atoms with Crippen LogP contribution in [0.5, 0.6) is 0 Å². The van der Waals surface area contributed by atoms with E-state index in [-0.39, 0.29) is 0 Å². The maximum absolute atomic E-state index is 11.4. The molecule has 0 radical (unpaired) electrons. The lowest BCUT2D eigenvalue weighted by molar-refractivity contribution is 0.0244. The Bertz CT molecular complexity index is 439. The van der Waals surface area contributed by atoms with Gasteiger partial charge in [0.05, 0.1) is 19.3 Å². The smallest absolute Gasteiger partial charge is 0.341 e. The van der Waals surface area contributed by atoms with Gasteiger partial charge in [-0.05, 0) is 19.9 Å². The van der Waals surface area contributed by atoms with Gasteiger partial charge in [-0.3, -0.25) is 0 Å². The van der Waals surface area contributed by atoms with Crippen molar-refractivity contribution in [3.05, 3.63) is 23.2 Å². The predicted octanol–water partition coefficient (Wildman–Crippen LogP) is 1.25. The third-order valence-electron chi connectivity index (χ3n) is 3.02. The van der Waals surface area contributed by atoms with Crippen LogP contribution in [0.25, 0.3) is 0 Å². The summed E-state index contributed by atoms with van der Waals surface area (Å²) in [6.07, 6.45) is 0.543. The summed E-state index contributed by atoms with van der Waals surface area (Å²) in [5, 5.41) is 13.2. The number of esters is 1. The second-order valence-electron chi connectivity index (χ2n) is 5.02. The zero-order valence-corrected chi connectivity index (χ0v) is 12.5. The van der Waals surface area contributed by atoms with Crippen molar-refractivity contribution < 1.29 is 23.8 Å². The number of nitrogens with one attached hydrogen (secondary N) is 1. The van der Waals surface area contributed by atoms with Crippen molar-refractivity contribution in [2.45, 2.75) is 32.4 Å². The minimum absolute atomic E-state index is 0.406. The molecule has 0 aliphatic heterocycles. The van der Waals surface area contributed by atoms with Gasteiger partial charge >= 0.3 is 5.97 Å². The van der Waals surface area contributed by atoms with E-state index < -0.39 is 11.6 Å². The Labute approximate surface area is 119 Å². The van der Waals surface area contributed by atoms with Gasteiger partial charge < -0.3 is 24.3 Å². The van der Waals surface area contributed by atoms with Gasteiger partial charge in [-0.15, -0.1) is 0 Å². The predicted molar refractivity (Wildman–Crippen MR) is 73.6 cm³/mol. The molecule has 0 bridgehead atoms. The SMILES string of the molecule is COCCC(C)(O)CNCc1cc(C(=O)OC)c(C)o1. The fourth-order valence-corrected chi connectivity index (χ4v) is 1.81. The van der Waals surface area contributed by atoms with E-state index in [4.69, 9.17) is 9.15 Å². The van der Waals surface area contributed by atoms with Crippen LogP contribution in [0.2, 0.25) is 0 Å². The number of hydrogen-bond donors (Lipinski definition) is 2. The number of methoxy groups -OCH3 is 2. The highest BCUT2D eigenvalue weighted by atomic mass is 16.5. The topological polar surface area (TPSA) is 80.9 Å².